The number of nitrogens with zero attached hydrogens (tertiary/aromatic N) is 1. The number of thioether (sulfide) groups is 1. The molecule has 0 saturated heterocycles. The Morgan fingerprint density at radius 1 is 1.04 bits per heavy atom. The predicted octanol–water partition coefficient (Wildman–Crippen LogP) is 2.23. The van der Waals surface area contributed by atoms with Gasteiger partial charge in [0, 0.05) is 11.4 Å². The van der Waals surface area contributed by atoms with Gasteiger partial charge in [-0.05, 0) is 48.1 Å². The van der Waals surface area contributed by atoms with Crippen LogP contribution in [-0.4, -0.2) is 45.0 Å². The molecule has 0 atom stereocenters. The van der Waals surface area contributed by atoms with Crippen LogP contribution in [0.4, 0.5) is 0 Å². The second kappa shape index (κ2) is 11.0. The summed E-state index contributed by atoms with van der Waals surface area (Å²) in [4.78, 5) is 24.8. The highest BCUT2D eigenvalue weighted by Crippen LogP contribution is 2.27. The van der Waals surface area contributed by atoms with Crippen LogP contribution in [-0.2, 0) is 16.0 Å². The molecular formula is C20H23N3O4S. The predicted molar refractivity (Wildman–Crippen MR) is 110 cm³/mol. The molecule has 0 aliphatic carbocycles. The van der Waals surface area contributed by atoms with Gasteiger partial charge in [-0.3, -0.25) is 9.59 Å². The van der Waals surface area contributed by atoms with E-state index in [4.69, 9.17) is 9.47 Å². The van der Waals surface area contributed by atoms with Gasteiger partial charge < -0.3 is 14.8 Å². The second-order valence-electron chi connectivity index (χ2n) is 5.67. The van der Waals surface area contributed by atoms with Crippen LogP contribution in [0, 0.1) is 0 Å². The van der Waals surface area contributed by atoms with E-state index >= 15 is 0 Å². The molecule has 148 valence electrons. The van der Waals surface area contributed by atoms with E-state index < -0.39 is 11.8 Å². The van der Waals surface area contributed by atoms with Crippen LogP contribution >= 0.6 is 11.8 Å². The molecule has 8 heteroatoms. The Balaban J connectivity index is 1.77. The zero-order valence-electron chi connectivity index (χ0n) is 16.0. The number of ether oxygens (including phenoxy) is 2. The van der Waals surface area contributed by atoms with Crippen molar-refractivity contribution in [1.29, 1.82) is 0 Å². The van der Waals surface area contributed by atoms with Gasteiger partial charge in [0.25, 0.3) is 0 Å². The molecule has 0 radical (unpaired) electrons. The molecule has 0 aromatic heterocycles. The SMILES string of the molecule is COc1ccc(CCNC(=O)C(=O)NN=Cc2ccc(SC)cc2)cc1OC. The maximum atomic E-state index is 11.8. The number of hydrogen-bond donors (Lipinski definition) is 2. The Morgan fingerprint density at radius 3 is 2.39 bits per heavy atom. The van der Waals surface area contributed by atoms with E-state index in [1.165, 1.54) is 6.21 Å². The zero-order chi connectivity index (χ0) is 20.4. The van der Waals surface area contributed by atoms with Gasteiger partial charge in [-0.25, -0.2) is 5.43 Å². The second-order valence-corrected chi connectivity index (χ2v) is 6.55. The van der Waals surface area contributed by atoms with Gasteiger partial charge in [0.2, 0.25) is 0 Å². The quantitative estimate of drug-likeness (QED) is 0.306. The molecule has 2 aromatic carbocycles. The van der Waals surface area contributed by atoms with Crippen molar-refractivity contribution in [2.24, 2.45) is 5.10 Å². The first-order valence-electron chi connectivity index (χ1n) is 8.53. The van der Waals surface area contributed by atoms with Gasteiger partial charge in [-0.1, -0.05) is 18.2 Å². The molecule has 0 fully saturated rings. The molecule has 0 spiro atoms. The third-order valence-electron chi connectivity index (χ3n) is 3.85. The van der Waals surface area contributed by atoms with E-state index in [1.807, 2.05) is 42.7 Å². The molecule has 0 aliphatic heterocycles. The van der Waals surface area contributed by atoms with Crippen molar-refractivity contribution < 1.29 is 19.1 Å². The van der Waals surface area contributed by atoms with E-state index in [-0.39, 0.29) is 0 Å². The number of hydrogen-bond acceptors (Lipinski definition) is 6. The minimum atomic E-state index is -0.815. The molecule has 2 N–H and O–H groups in total. The van der Waals surface area contributed by atoms with Crippen molar-refractivity contribution in [3.63, 3.8) is 0 Å². The van der Waals surface area contributed by atoms with Crippen molar-refractivity contribution in [3.05, 3.63) is 53.6 Å². The maximum absolute atomic E-state index is 11.8. The molecule has 0 heterocycles. The molecule has 28 heavy (non-hydrogen) atoms. The van der Waals surface area contributed by atoms with E-state index in [0.717, 1.165) is 16.0 Å². The van der Waals surface area contributed by atoms with E-state index in [2.05, 4.69) is 15.8 Å². The Kier molecular flexibility index (Phi) is 8.36. The number of carbonyl (C=O) groups is 2. The van der Waals surface area contributed by atoms with Crippen molar-refractivity contribution in [3.8, 4) is 11.5 Å². The fourth-order valence-electron chi connectivity index (χ4n) is 2.34. The van der Waals surface area contributed by atoms with Crippen LogP contribution in [0.1, 0.15) is 11.1 Å². The Labute approximate surface area is 168 Å². The fourth-order valence-corrected chi connectivity index (χ4v) is 2.75. The van der Waals surface area contributed by atoms with Crippen LogP contribution in [0.5, 0.6) is 11.5 Å². The number of nitrogens with one attached hydrogen (secondary N) is 2. The third kappa shape index (κ3) is 6.31. The van der Waals surface area contributed by atoms with Gasteiger partial charge in [-0.2, -0.15) is 5.10 Å². The van der Waals surface area contributed by atoms with E-state index in [0.29, 0.717) is 24.5 Å². The highest BCUT2D eigenvalue weighted by atomic mass is 32.2. The van der Waals surface area contributed by atoms with Crippen molar-refractivity contribution in [1.82, 2.24) is 10.7 Å². The lowest BCUT2D eigenvalue weighted by Gasteiger charge is -2.10. The van der Waals surface area contributed by atoms with E-state index in [1.54, 1.807) is 32.0 Å². The third-order valence-corrected chi connectivity index (χ3v) is 4.59. The van der Waals surface area contributed by atoms with Crippen LogP contribution < -0.4 is 20.2 Å². The van der Waals surface area contributed by atoms with E-state index in [9.17, 15) is 9.59 Å². The van der Waals surface area contributed by atoms with Crippen molar-refractivity contribution >= 4 is 29.8 Å². The highest BCUT2D eigenvalue weighted by molar-refractivity contribution is 7.98. The van der Waals surface area contributed by atoms with Crippen LogP contribution in [0.3, 0.4) is 0 Å². The first-order valence-corrected chi connectivity index (χ1v) is 9.76. The average Bonchev–Trinajstić information content (AvgIpc) is 2.73. The number of benzene rings is 2. The highest BCUT2D eigenvalue weighted by Gasteiger charge is 2.12. The number of hydrazone groups is 1. The summed E-state index contributed by atoms with van der Waals surface area (Å²) in [5.41, 5.74) is 3.99. The molecule has 0 bridgehead atoms. The van der Waals surface area contributed by atoms with Crippen LogP contribution in [0.25, 0.3) is 0 Å². The molecule has 2 aromatic rings. The van der Waals surface area contributed by atoms with Gasteiger partial charge in [0.05, 0.1) is 20.4 Å². The summed E-state index contributed by atoms with van der Waals surface area (Å²) in [7, 11) is 3.13. The van der Waals surface area contributed by atoms with Crippen molar-refractivity contribution in [2.45, 2.75) is 11.3 Å². The van der Waals surface area contributed by atoms with Gasteiger partial charge in [0.1, 0.15) is 0 Å². The molecule has 2 rings (SSSR count). The van der Waals surface area contributed by atoms with Crippen LogP contribution in [0.15, 0.2) is 52.5 Å². The smallest absolute Gasteiger partial charge is 0.329 e. The largest absolute Gasteiger partial charge is 0.493 e. The summed E-state index contributed by atoms with van der Waals surface area (Å²) < 4.78 is 10.4. The molecule has 0 unspecified atom stereocenters. The summed E-state index contributed by atoms with van der Waals surface area (Å²) in [6.45, 7) is 0.307. The summed E-state index contributed by atoms with van der Waals surface area (Å²) in [6.07, 6.45) is 4.02. The lowest BCUT2D eigenvalue weighted by atomic mass is 10.1. The molecule has 7 nitrogen and oxygen atoms in total. The Bertz CT molecular complexity index is 838. The van der Waals surface area contributed by atoms with Gasteiger partial charge >= 0.3 is 11.8 Å². The van der Waals surface area contributed by atoms with Crippen molar-refractivity contribution in [2.75, 3.05) is 27.0 Å². The minimum Gasteiger partial charge on any atom is -0.493 e. The lowest BCUT2D eigenvalue weighted by molar-refractivity contribution is -0.139. The van der Waals surface area contributed by atoms with Crippen LogP contribution in [0.2, 0.25) is 0 Å². The maximum Gasteiger partial charge on any atom is 0.329 e. The monoisotopic (exact) mass is 401 g/mol. The average molecular weight is 401 g/mol. The summed E-state index contributed by atoms with van der Waals surface area (Å²) in [5.74, 6) is -0.306. The summed E-state index contributed by atoms with van der Waals surface area (Å²) in [6, 6.07) is 13.2. The number of rotatable bonds is 8. The topological polar surface area (TPSA) is 89.0 Å². The van der Waals surface area contributed by atoms with Gasteiger partial charge in [0.15, 0.2) is 11.5 Å². The van der Waals surface area contributed by atoms with Gasteiger partial charge in [-0.15, -0.1) is 11.8 Å². The zero-order valence-corrected chi connectivity index (χ0v) is 16.8. The number of methoxy groups -OCH3 is 2. The minimum absolute atomic E-state index is 0.307. The normalized spacial score (nSPS) is 10.5. The molecule has 0 saturated carbocycles. The Morgan fingerprint density at radius 2 is 1.75 bits per heavy atom. The molecule has 0 aliphatic rings. The standard InChI is InChI=1S/C20H23N3O4S/c1-26-17-9-6-14(12-18(17)27-2)10-11-21-19(24)20(25)23-22-13-15-4-7-16(28-3)8-5-15/h4-9,12-13H,10-11H2,1-3H3,(H,21,24)(H,23,25). The summed E-state index contributed by atoms with van der Waals surface area (Å²) in [5, 5.41) is 6.36. The number of carbonyl (C=O) groups excluding carboxylic acids is 2. The first kappa shape index (κ1) is 21.3. The lowest BCUT2D eigenvalue weighted by Crippen LogP contribution is -2.38. The number of amides is 2. The Hall–Kier alpha value is -3.00. The molecular weight excluding hydrogens is 378 g/mol. The molecule has 2 amide bonds. The fraction of sp³-hybridized carbons (Fsp3) is 0.250. The first-order chi connectivity index (χ1) is 13.6. The summed E-state index contributed by atoms with van der Waals surface area (Å²) >= 11 is 1.64.